The molecule has 1 aliphatic carbocycles. The van der Waals surface area contributed by atoms with E-state index in [2.05, 4.69) is 0 Å². The highest BCUT2D eigenvalue weighted by Crippen LogP contribution is 2.38. The van der Waals surface area contributed by atoms with Crippen LogP contribution in [0.5, 0.6) is 0 Å². The molecule has 0 radical (unpaired) electrons. The summed E-state index contributed by atoms with van der Waals surface area (Å²) in [4.78, 5) is 23.1. The van der Waals surface area contributed by atoms with Gasteiger partial charge in [0.1, 0.15) is 5.78 Å². The van der Waals surface area contributed by atoms with Crippen LogP contribution in [0.3, 0.4) is 0 Å². The molecule has 1 fully saturated rings. The van der Waals surface area contributed by atoms with Crippen LogP contribution >= 0.6 is 11.6 Å². The zero-order chi connectivity index (χ0) is 12.4. The van der Waals surface area contributed by atoms with Gasteiger partial charge in [-0.1, -0.05) is 23.7 Å². The van der Waals surface area contributed by atoms with Crippen molar-refractivity contribution in [3.05, 3.63) is 34.9 Å². The molecule has 0 saturated heterocycles. The first-order valence-corrected chi connectivity index (χ1v) is 5.84. The monoisotopic (exact) mass is 252 g/mol. The molecule has 3 nitrogen and oxygen atoms in total. The molecule has 4 heteroatoms. The van der Waals surface area contributed by atoms with E-state index in [1.807, 2.05) is 12.1 Å². The Morgan fingerprint density at radius 3 is 2.53 bits per heavy atom. The van der Waals surface area contributed by atoms with Gasteiger partial charge in [-0.25, -0.2) is 0 Å². The molecule has 1 aromatic rings. The normalized spacial score (nSPS) is 23.8. The molecule has 0 heterocycles. The molecular formula is C13H13ClO3. The Hall–Kier alpha value is -1.35. The molecule has 17 heavy (non-hydrogen) atoms. The van der Waals surface area contributed by atoms with Crippen LogP contribution in [0, 0.1) is 5.92 Å². The fourth-order valence-corrected chi connectivity index (χ4v) is 2.44. The number of carbonyl (C=O) groups is 2. The minimum atomic E-state index is -0.353. The summed E-state index contributed by atoms with van der Waals surface area (Å²) in [6.45, 7) is 0. The maximum absolute atomic E-state index is 11.6. The van der Waals surface area contributed by atoms with Gasteiger partial charge in [0.15, 0.2) is 0 Å². The predicted molar refractivity (Wildman–Crippen MR) is 63.9 cm³/mol. The Labute approximate surface area is 105 Å². The second kappa shape index (κ2) is 4.88. The summed E-state index contributed by atoms with van der Waals surface area (Å²) in [5, 5.41) is 0.646. The zero-order valence-electron chi connectivity index (χ0n) is 9.48. The van der Waals surface area contributed by atoms with Gasteiger partial charge < -0.3 is 4.74 Å². The number of methoxy groups -OCH3 is 1. The number of ketones is 1. The lowest BCUT2D eigenvalue weighted by Gasteiger charge is -2.16. The van der Waals surface area contributed by atoms with Crippen molar-refractivity contribution < 1.29 is 14.3 Å². The fourth-order valence-electron chi connectivity index (χ4n) is 2.32. The van der Waals surface area contributed by atoms with Gasteiger partial charge in [0.05, 0.1) is 13.0 Å². The molecule has 1 aliphatic rings. The maximum atomic E-state index is 11.6. The van der Waals surface area contributed by atoms with E-state index in [4.69, 9.17) is 16.3 Å². The average molecular weight is 253 g/mol. The molecule has 0 unspecified atom stereocenters. The fraction of sp³-hybridized carbons (Fsp3) is 0.385. The average Bonchev–Trinajstić information content (AvgIpc) is 2.71. The first kappa shape index (κ1) is 12.1. The van der Waals surface area contributed by atoms with Crippen LogP contribution in [0.2, 0.25) is 5.02 Å². The summed E-state index contributed by atoms with van der Waals surface area (Å²) in [6, 6.07) is 7.27. The van der Waals surface area contributed by atoms with Crippen LogP contribution in [0.4, 0.5) is 0 Å². The molecule has 0 aromatic heterocycles. The summed E-state index contributed by atoms with van der Waals surface area (Å²) in [7, 11) is 1.35. The molecule has 2 rings (SSSR count). The van der Waals surface area contributed by atoms with E-state index in [0.717, 1.165) is 5.56 Å². The third-order valence-electron chi connectivity index (χ3n) is 3.18. The first-order valence-electron chi connectivity index (χ1n) is 5.47. The molecule has 1 aromatic carbocycles. The number of ether oxygens (including phenoxy) is 1. The van der Waals surface area contributed by atoms with E-state index in [1.54, 1.807) is 12.1 Å². The minimum absolute atomic E-state index is 0.0767. The highest BCUT2D eigenvalue weighted by atomic mass is 35.5. The van der Waals surface area contributed by atoms with Crippen LogP contribution in [0.15, 0.2) is 24.3 Å². The van der Waals surface area contributed by atoms with Gasteiger partial charge in [-0.15, -0.1) is 0 Å². The maximum Gasteiger partial charge on any atom is 0.309 e. The Kier molecular flexibility index (Phi) is 3.48. The second-order valence-corrected chi connectivity index (χ2v) is 4.67. The third kappa shape index (κ3) is 2.50. The Morgan fingerprint density at radius 2 is 1.94 bits per heavy atom. The van der Waals surface area contributed by atoms with E-state index < -0.39 is 0 Å². The molecule has 90 valence electrons. The Balaban J connectivity index is 2.26. The predicted octanol–water partition coefficient (Wildman–Crippen LogP) is 2.58. The number of hydrogen-bond donors (Lipinski definition) is 0. The minimum Gasteiger partial charge on any atom is -0.469 e. The lowest BCUT2D eigenvalue weighted by Crippen LogP contribution is -2.19. The molecule has 2 atom stereocenters. The standard InChI is InChI=1S/C13H13ClO3/c1-17-13(16)12-7-10(15)6-11(12)8-2-4-9(14)5-3-8/h2-5,11-12H,6-7H2,1H3/t11-,12+/m0/s1. The van der Waals surface area contributed by atoms with Crippen molar-refractivity contribution in [2.24, 2.45) is 5.92 Å². The topological polar surface area (TPSA) is 43.4 Å². The second-order valence-electron chi connectivity index (χ2n) is 4.23. The Morgan fingerprint density at radius 1 is 1.29 bits per heavy atom. The van der Waals surface area contributed by atoms with Crippen molar-refractivity contribution in [3.8, 4) is 0 Å². The van der Waals surface area contributed by atoms with E-state index in [-0.39, 0.29) is 30.0 Å². The van der Waals surface area contributed by atoms with Crippen molar-refractivity contribution in [2.75, 3.05) is 7.11 Å². The van der Waals surface area contributed by atoms with Crippen molar-refractivity contribution >= 4 is 23.4 Å². The van der Waals surface area contributed by atoms with Crippen LogP contribution in [-0.4, -0.2) is 18.9 Å². The molecular weight excluding hydrogens is 240 g/mol. The molecule has 0 spiro atoms. The van der Waals surface area contributed by atoms with E-state index in [1.165, 1.54) is 7.11 Å². The number of hydrogen-bond acceptors (Lipinski definition) is 3. The number of halogens is 1. The SMILES string of the molecule is COC(=O)[C@@H]1CC(=O)C[C@H]1c1ccc(Cl)cc1. The first-order chi connectivity index (χ1) is 8.11. The summed E-state index contributed by atoms with van der Waals surface area (Å²) < 4.78 is 4.74. The van der Waals surface area contributed by atoms with Crippen molar-refractivity contribution in [3.63, 3.8) is 0 Å². The van der Waals surface area contributed by atoms with Gasteiger partial charge in [0.2, 0.25) is 0 Å². The molecule has 0 amide bonds. The number of rotatable bonds is 2. The van der Waals surface area contributed by atoms with Crippen LogP contribution in [0.1, 0.15) is 24.3 Å². The number of Topliss-reactive ketones (excluding diaryl/α,β-unsaturated/α-hetero) is 1. The van der Waals surface area contributed by atoms with Gasteiger partial charge in [-0.2, -0.15) is 0 Å². The van der Waals surface area contributed by atoms with E-state index in [9.17, 15) is 9.59 Å². The quantitative estimate of drug-likeness (QED) is 0.760. The van der Waals surface area contributed by atoms with Gasteiger partial charge in [-0.05, 0) is 17.7 Å². The van der Waals surface area contributed by atoms with Crippen LogP contribution < -0.4 is 0 Å². The zero-order valence-corrected chi connectivity index (χ0v) is 10.2. The van der Waals surface area contributed by atoms with Crippen molar-refractivity contribution in [1.29, 1.82) is 0 Å². The lowest BCUT2D eigenvalue weighted by molar-refractivity contribution is -0.146. The van der Waals surface area contributed by atoms with E-state index in [0.29, 0.717) is 11.4 Å². The number of esters is 1. The number of benzene rings is 1. The van der Waals surface area contributed by atoms with Gasteiger partial charge >= 0.3 is 5.97 Å². The number of carbonyl (C=O) groups excluding carboxylic acids is 2. The van der Waals surface area contributed by atoms with Gasteiger partial charge in [0.25, 0.3) is 0 Å². The molecule has 0 aliphatic heterocycles. The van der Waals surface area contributed by atoms with Crippen molar-refractivity contribution in [2.45, 2.75) is 18.8 Å². The summed E-state index contributed by atoms with van der Waals surface area (Å²) in [5.41, 5.74) is 0.968. The van der Waals surface area contributed by atoms with Crippen LogP contribution in [-0.2, 0) is 14.3 Å². The smallest absolute Gasteiger partial charge is 0.309 e. The van der Waals surface area contributed by atoms with Gasteiger partial charge in [-0.3, -0.25) is 9.59 Å². The third-order valence-corrected chi connectivity index (χ3v) is 3.43. The molecule has 1 saturated carbocycles. The van der Waals surface area contributed by atoms with Crippen molar-refractivity contribution in [1.82, 2.24) is 0 Å². The summed E-state index contributed by atoms with van der Waals surface area (Å²) in [6.07, 6.45) is 0.682. The highest BCUT2D eigenvalue weighted by molar-refractivity contribution is 6.30. The van der Waals surface area contributed by atoms with E-state index >= 15 is 0 Å². The molecule has 0 bridgehead atoms. The Bertz CT molecular complexity index is 438. The summed E-state index contributed by atoms with van der Waals surface area (Å²) >= 11 is 5.81. The highest BCUT2D eigenvalue weighted by Gasteiger charge is 2.39. The van der Waals surface area contributed by atoms with Crippen LogP contribution in [0.25, 0.3) is 0 Å². The lowest BCUT2D eigenvalue weighted by atomic mass is 9.89. The van der Waals surface area contributed by atoms with Gasteiger partial charge in [0, 0.05) is 23.8 Å². The largest absolute Gasteiger partial charge is 0.469 e. The molecule has 0 N–H and O–H groups in total. The summed E-state index contributed by atoms with van der Waals surface area (Å²) in [5.74, 6) is -0.628.